The molecule has 1 aromatic heterocycles. The summed E-state index contributed by atoms with van der Waals surface area (Å²) in [6.07, 6.45) is 3.12. The normalized spacial score (nSPS) is 9.33. The Morgan fingerprint density at radius 3 is 2.83 bits per heavy atom. The second-order valence-corrected chi connectivity index (χ2v) is 1.33. The first-order chi connectivity index (χ1) is 3.00. The quantitative estimate of drug-likeness (QED) is 0.541. The van der Waals surface area contributed by atoms with Gasteiger partial charge >= 0.3 is 0 Å². The SMILES string of the molecule is c1co[pH]o[nH]1. The van der Waals surface area contributed by atoms with E-state index >= 15 is 0 Å². The lowest BCUT2D eigenvalue weighted by atomic mass is 11.0. The number of rotatable bonds is 0. The summed E-state index contributed by atoms with van der Waals surface area (Å²) >= 11 is 0. The minimum absolute atomic E-state index is 0.104. The first-order valence-corrected chi connectivity index (χ1v) is 2.29. The average molecular weight is 105 g/mol. The molecule has 0 fully saturated rings. The molecule has 1 N–H and O–H groups in total. The zero-order chi connectivity index (χ0) is 4.24. The van der Waals surface area contributed by atoms with Gasteiger partial charge in [0, 0.05) is 0 Å². The molecule has 34 valence electrons. The smallest absolute Gasteiger partial charge is 0.227 e. The Bertz CT molecular complexity index is 83.5. The van der Waals surface area contributed by atoms with Crippen molar-refractivity contribution in [2.24, 2.45) is 0 Å². The third-order valence-corrected chi connectivity index (χ3v) is 0.786. The van der Waals surface area contributed by atoms with Gasteiger partial charge < -0.3 is 8.50 Å². The summed E-state index contributed by atoms with van der Waals surface area (Å²) in [5, 5.41) is 2.49. The van der Waals surface area contributed by atoms with Crippen molar-refractivity contribution in [3.63, 3.8) is 0 Å². The van der Waals surface area contributed by atoms with Gasteiger partial charge in [0.15, 0.2) is 0 Å². The number of hydrogen-bond donors (Lipinski definition) is 1. The van der Waals surface area contributed by atoms with Crippen LogP contribution >= 0.6 is 8.67 Å². The van der Waals surface area contributed by atoms with Crippen LogP contribution in [0, 0.1) is 0 Å². The average Bonchev–Trinajstić information content (AvgIpc) is 1.72. The lowest BCUT2D eigenvalue weighted by molar-refractivity contribution is 0.457. The fraction of sp³-hybridized carbons (Fsp3) is 0. The van der Waals surface area contributed by atoms with Crippen molar-refractivity contribution in [2.75, 3.05) is 0 Å². The number of nitrogens with one attached hydrogen (secondary N) is 1. The molecule has 1 heterocycles. The summed E-state index contributed by atoms with van der Waals surface area (Å²) in [4.78, 5) is 0. The highest BCUT2D eigenvalue weighted by molar-refractivity contribution is 7.15. The minimum atomic E-state index is 0.104. The van der Waals surface area contributed by atoms with Crippen LogP contribution in [0.1, 0.15) is 0 Å². The third-order valence-electron chi connectivity index (χ3n) is 0.353. The van der Waals surface area contributed by atoms with E-state index in [0.717, 1.165) is 0 Å². The predicted octanol–water partition coefficient (Wildman–Crippen LogP) is 1.36. The molecule has 0 saturated heterocycles. The monoisotopic (exact) mass is 105 g/mol. The lowest BCUT2D eigenvalue weighted by Gasteiger charge is -1.75. The van der Waals surface area contributed by atoms with E-state index in [1.165, 1.54) is 0 Å². The highest BCUT2D eigenvalue weighted by Gasteiger charge is 1.57. The molecule has 0 radical (unpaired) electrons. The van der Waals surface area contributed by atoms with E-state index in [1.807, 2.05) is 0 Å². The molecule has 4 heteroatoms. The van der Waals surface area contributed by atoms with E-state index in [1.54, 1.807) is 12.5 Å². The van der Waals surface area contributed by atoms with Gasteiger partial charge in [-0.25, -0.2) is 5.16 Å². The van der Waals surface area contributed by atoms with Crippen LogP contribution < -0.4 is 0 Å². The Hall–Kier alpha value is -0.560. The first kappa shape index (κ1) is 3.62. The minimum Gasteiger partial charge on any atom is -0.427 e. The molecule has 0 aliphatic carbocycles. The summed E-state index contributed by atoms with van der Waals surface area (Å²) in [7, 11) is 0.104. The van der Waals surface area contributed by atoms with Gasteiger partial charge in [0.2, 0.25) is 8.67 Å². The largest absolute Gasteiger partial charge is 0.427 e. The van der Waals surface area contributed by atoms with Crippen LogP contribution in [-0.2, 0) is 0 Å². The van der Waals surface area contributed by atoms with Gasteiger partial charge in [-0.3, -0.25) is 0 Å². The molecule has 3 nitrogen and oxygen atoms in total. The van der Waals surface area contributed by atoms with Gasteiger partial charge in [-0.15, -0.1) is 0 Å². The van der Waals surface area contributed by atoms with Crippen LogP contribution in [0.3, 0.4) is 0 Å². The molecule has 1 rings (SSSR count). The van der Waals surface area contributed by atoms with E-state index in [4.69, 9.17) is 0 Å². The predicted molar refractivity (Wildman–Crippen MR) is 22.5 cm³/mol. The van der Waals surface area contributed by atoms with Gasteiger partial charge in [0.1, 0.15) is 6.26 Å². The van der Waals surface area contributed by atoms with E-state index < -0.39 is 0 Å². The standard InChI is InChI=1S/C2H4NO2P/c1-2-4-6-5-3-1/h1-3,6H. The highest BCUT2D eigenvalue weighted by atomic mass is 31.1. The van der Waals surface area contributed by atoms with E-state index in [0.29, 0.717) is 0 Å². The van der Waals surface area contributed by atoms with Gasteiger partial charge in [0.05, 0.1) is 6.20 Å². The first-order valence-electron chi connectivity index (χ1n) is 1.47. The van der Waals surface area contributed by atoms with Crippen molar-refractivity contribution in [1.82, 2.24) is 5.16 Å². The van der Waals surface area contributed by atoms with Gasteiger partial charge in [-0.1, -0.05) is 0 Å². The molecular weight excluding hydrogens is 101 g/mol. The molecule has 6 heavy (non-hydrogen) atoms. The number of aromatic nitrogens is 1. The topological polar surface area (TPSA) is 42.1 Å². The van der Waals surface area contributed by atoms with Crippen molar-refractivity contribution in [3.05, 3.63) is 12.5 Å². The summed E-state index contributed by atoms with van der Waals surface area (Å²) in [5.41, 5.74) is 0. The van der Waals surface area contributed by atoms with Crippen LogP contribution in [0.2, 0.25) is 0 Å². The number of H-pyrrole nitrogens is 1. The van der Waals surface area contributed by atoms with Crippen LogP contribution in [0.15, 0.2) is 21.0 Å². The highest BCUT2D eigenvalue weighted by Crippen LogP contribution is 1.94. The van der Waals surface area contributed by atoms with Gasteiger partial charge in [-0.2, -0.15) is 0 Å². The summed E-state index contributed by atoms with van der Waals surface area (Å²) in [5.74, 6) is 0. The Morgan fingerprint density at radius 2 is 2.67 bits per heavy atom. The zero-order valence-electron chi connectivity index (χ0n) is 2.97. The Labute approximate surface area is 35.9 Å². The number of hydrogen-bond acceptors (Lipinski definition) is 2. The van der Waals surface area contributed by atoms with E-state index in [9.17, 15) is 0 Å². The van der Waals surface area contributed by atoms with Crippen molar-refractivity contribution in [1.29, 1.82) is 0 Å². The van der Waals surface area contributed by atoms with Gasteiger partial charge in [0.25, 0.3) is 0 Å². The molecule has 0 aliphatic rings. The zero-order valence-corrected chi connectivity index (χ0v) is 3.97. The molecule has 0 aromatic carbocycles. The Morgan fingerprint density at radius 1 is 1.67 bits per heavy atom. The van der Waals surface area contributed by atoms with Crippen LogP contribution in [0.4, 0.5) is 0 Å². The van der Waals surface area contributed by atoms with Crippen molar-refractivity contribution in [3.8, 4) is 0 Å². The molecule has 0 aliphatic heterocycles. The summed E-state index contributed by atoms with van der Waals surface area (Å²) in [6.45, 7) is 0. The maximum atomic E-state index is 4.63. The maximum absolute atomic E-state index is 4.63. The second kappa shape index (κ2) is 1.78. The fourth-order valence-corrected chi connectivity index (χ4v) is 0.460. The molecule has 0 spiro atoms. The molecule has 1 aromatic rings. The molecule has 0 saturated carbocycles. The third kappa shape index (κ3) is 0.692. The Balaban J connectivity index is 3.00. The van der Waals surface area contributed by atoms with Crippen molar-refractivity contribution in [2.45, 2.75) is 0 Å². The fourth-order valence-electron chi connectivity index (χ4n) is 0.172. The van der Waals surface area contributed by atoms with Crippen LogP contribution in [-0.4, -0.2) is 5.16 Å². The molecular formula is C2H4NO2P. The summed E-state index contributed by atoms with van der Waals surface area (Å²) < 4.78 is 9.17. The number of aromatic amines is 1. The second-order valence-electron chi connectivity index (χ2n) is 0.724. The Kier molecular flexibility index (Phi) is 1.07. The van der Waals surface area contributed by atoms with Gasteiger partial charge in [-0.05, 0) is 0 Å². The lowest BCUT2D eigenvalue weighted by Crippen LogP contribution is -1.52. The molecule has 0 bridgehead atoms. The van der Waals surface area contributed by atoms with Crippen molar-refractivity contribution < 1.29 is 8.50 Å². The molecule has 1 atom stereocenters. The van der Waals surface area contributed by atoms with E-state index in [2.05, 4.69) is 13.7 Å². The van der Waals surface area contributed by atoms with Crippen LogP contribution in [0.25, 0.3) is 0 Å². The summed E-state index contributed by atoms with van der Waals surface area (Å²) in [6, 6.07) is 0. The maximum Gasteiger partial charge on any atom is 0.227 e. The van der Waals surface area contributed by atoms with Crippen molar-refractivity contribution >= 4 is 8.67 Å². The van der Waals surface area contributed by atoms with Crippen LogP contribution in [0.5, 0.6) is 0 Å². The molecule has 0 amide bonds. The molecule has 1 unspecified atom stereocenters. The van der Waals surface area contributed by atoms with E-state index in [-0.39, 0.29) is 8.67 Å².